The quantitative estimate of drug-likeness (QED) is 0.751. The monoisotopic (exact) mass is 281 g/mol. The predicted octanol–water partition coefficient (Wildman–Crippen LogP) is 2.62. The Morgan fingerprint density at radius 1 is 1.10 bits per heavy atom. The van der Waals surface area contributed by atoms with Crippen molar-refractivity contribution in [2.75, 3.05) is 32.7 Å². The van der Waals surface area contributed by atoms with Crippen molar-refractivity contribution in [2.24, 2.45) is 5.92 Å². The summed E-state index contributed by atoms with van der Waals surface area (Å²) in [5.41, 5.74) is 0. The summed E-state index contributed by atoms with van der Waals surface area (Å²) >= 11 is 0. The number of piperidine rings is 2. The van der Waals surface area contributed by atoms with Gasteiger partial charge in [0.15, 0.2) is 0 Å². The maximum atomic E-state index is 3.75. The lowest BCUT2D eigenvalue weighted by molar-refractivity contribution is 0.196. The molecular formula is C17H35N3. The van der Waals surface area contributed by atoms with Gasteiger partial charge in [-0.15, -0.1) is 0 Å². The summed E-state index contributed by atoms with van der Waals surface area (Å²) in [5, 5.41) is 7.41. The second kappa shape index (κ2) is 9.01. The van der Waals surface area contributed by atoms with E-state index in [1.165, 1.54) is 77.7 Å². The van der Waals surface area contributed by atoms with E-state index in [0.717, 1.165) is 12.0 Å². The summed E-state index contributed by atoms with van der Waals surface area (Å²) in [5.74, 6) is 0.773. The first-order valence-corrected chi connectivity index (χ1v) is 8.93. The number of likely N-dealkylation sites (tertiary alicyclic amines) is 1. The molecule has 3 nitrogen and oxygen atoms in total. The summed E-state index contributed by atoms with van der Waals surface area (Å²) in [6.45, 7) is 11.1. The van der Waals surface area contributed by atoms with Crippen molar-refractivity contribution in [1.82, 2.24) is 15.5 Å². The Kier molecular flexibility index (Phi) is 7.32. The van der Waals surface area contributed by atoms with Crippen molar-refractivity contribution in [2.45, 2.75) is 70.9 Å². The molecule has 0 radical (unpaired) electrons. The highest BCUT2D eigenvalue weighted by Crippen LogP contribution is 2.13. The van der Waals surface area contributed by atoms with Crippen molar-refractivity contribution >= 4 is 0 Å². The van der Waals surface area contributed by atoms with E-state index in [1.807, 2.05) is 0 Å². The second-order valence-corrected chi connectivity index (χ2v) is 7.16. The first-order chi connectivity index (χ1) is 9.74. The second-order valence-electron chi connectivity index (χ2n) is 7.16. The molecule has 0 aromatic carbocycles. The van der Waals surface area contributed by atoms with Crippen LogP contribution >= 0.6 is 0 Å². The van der Waals surface area contributed by atoms with Crippen LogP contribution in [-0.2, 0) is 0 Å². The average molecular weight is 281 g/mol. The van der Waals surface area contributed by atoms with Gasteiger partial charge in [-0.25, -0.2) is 0 Å². The Morgan fingerprint density at radius 2 is 1.90 bits per heavy atom. The Bertz CT molecular complexity index is 219. The minimum absolute atomic E-state index is 0.648. The molecule has 2 aliphatic heterocycles. The number of hydrogen-bond donors (Lipinski definition) is 2. The van der Waals surface area contributed by atoms with Gasteiger partial charge in [0.25, 0.3) is 0 Å². The van der Waals surface area contributed by atoms with Gasteiger partial charge in [-0.05, 0) is 71.1 Å². The highest BCUT2D eigenvalue weighted by atomic mass is 15.1. The molecule has 3 heteroatoms. The maximum Gasteiger partial charge on any atom is 0.00817 e. The van der Waals surface area contributed by atoms with Crippen LogP contribution in [0.2, 0.25) is 0 Å². The average Bonchev–Trinajstić information content (AvgIpc) is 2.47. The highest BCUT2D eigenvalue weighted by molar-refractivity contribution is 4.78. The fourth-order valence-corrected chi connectivity index (χ4v) is 3.68. The van der Waals surface area contributed by atoms with Gasteiger partial charge in [0.1, 0.15) is 0 Å². The molecular weight excluding hydrogens is 246 g/mol. The topological polar surface area (TPSA) is 27.3 Å². The molecule has 3 atom stereocenters. The summed E-state index contributed by atoms with van der Waals surface area (Å²) in [6, 6.07) is 1.40. The fourth-order valence-electron chi connectivity index (χ4n) is 3.68. The van der Waals surface area contributed by atoms with Gasteiger partial charge < -0.3 is 15.5 Å². The number of hydrogen-bond acceptors (Lipinski definition) is 3. The molecule has 0 saturated carbocycles. The molecule has 2 N–H and O–H groups in total. The summed E-state index contributed by atoms with van der Waals surface area (Å²) in [7, 11) is 0. The number of rotatable bonds is 7. The van der Waals surface area contributed by atoms with Crippen molar-refractivity contribution in [3.05, 3.63) is 0 Å². The van der Waals surface area contributed by atoms with Gasteiger partial charge in [-0.1, -0.05) is 19.8 Å². The van der Waals surface area contributed by atoms with E-state index in [9.17, 15) is 0 Å². The molecule has 2 heterocycles. The van der Waals surface area contributed by atoms with Crippen LogP contribution in [0.4, 0.5) is 0 Å². The SMILES string of the molecule is CC(CNC(C)CC1CCCCN1)CN1CCCCC1. The zero-order chi connectivity index (χ0) is 14.2. The van der Waals surface area contributed by atoms with Crippen LogP contribution in [0.1, 0.15) is 58.8 Å². The van der Waals surface area contributed by atoms with Crippen LogP contribution < -0.4 is 10.6 Å². The Balaban J connectivity index is 1.55. The summed E-state index contributed by atoms with van der Waals surface area (Å²) in [4.78, 5) is 2.66. The van der Waals surface area contributed by atoms with Crippen molar-refractivity contribution < 1.29 is 0 Å². The first kappa shape index (κ1) is 16.3. The molecule has 0 aliphatic carbocycles. The summed E-state index contributed by atoms with van der Waals surface area (Å²) < 4.78 is 0. The minimum Gasteiger partial charge on any atom is -0.314 e. The molecule has 0 aromatic rings. The fraction of sp³-hybridized carbons (Fsp3) is 1.00. The first-order valence-electron chi connectivity index (χ1n) is 8.93. The van der Waals surface area contributed by atoms with Crippen LogP contribution in [0.3, 0.4) is 0 Å². The van der Waals surface area contributed by atoms with E-state index in [2.05, 4.69) is 29.4 Å². The normalized spacial score (nSPS) is 28.2. The number of nitrogens with one attached hydrogen (secondary N) is 2. The van der Waals surface area contributed by atoms with Crippen LogP contribution in [0.25, 0.3) is 0 Å². The molecule has 3 unspecified atom stereocenters. The van der Waals surface area contributed by atoms with Gasteiger partial charge in [0.05, 0.1) is 0 Å². The molecule has 0 aromatic heterocycles. The molecule has 2 fully saturated rings. The van der Waals surface area contributed by atoms with Gasteiger partial charge in [-0.3, -0.25) is 0 Å². The van der Waals surface area contributed by atoms with Crippen LogP contribution in [0.5, 0.6) is 0 Å². The minimum atomic E-state index is 0.648. The summed E-state index contributed by atoms with van der Waals surface area (Å²) in [6.07, 6.45) is 9.69. The van der Waals surface area contributed by atoms with Crippen LogP contribution in [0.15, 0.2) is 0 Å². The van der Waals surface area contributed by atoms with Gasteiger partial charge in [0.2, 0.25) is 0 Å². The van der Waals surface area contributed by atoms with E-state index in [-0.39, 0.29) is 0 Å². The third-order valence-electron chi connectivity index (χ3n) is 4.88. The molecule has 2 rings (SSSR count). The Hall–Kier alpha value is -0.120. The third kappa shape index (κ3) is 6.11. The third-order valence-corrected chi connectivity index (χ3v) is 4.88. The van der Waals surface area contributed by atoms with Crippen molar-refractivity contribution in [1.29, 1.82) is 0 Å². The van der Waals surface area contributed by atoms with E-state index >= 15 is 0 Å². The van der Waals surface area contributed by atoms with Crippen molar-refractivity contribution in [3.8, 4) is 0 Å². The molecule has 2 saturated heterocycles. The molecule has 0 spiro atoms. The van der Waals surface area contributed by atoms with Crippen LogP contribution in [-0.4, -0.2) is 49.7 Å². The Labute approximate surface area is 125 Å². The largest absolute Gasteiger partial charge is 0.314 e. The van der Waals surface area contributed by atoms with Gasteiger partial charge in [0, 0.05) is 18.6 Å². The molecule has 20 heavy (non-hydrogen) atoms. The maximum absolute atomic E-state index is 3.75. The van der Waals surface area contributed by atoms with E-state index in [4.69, 9.17) is 0 Å². The van der Waals surface area contributed by atoms with Crippen molar-refractivity contribution in [3.63, 3.8) is 0 Å². The lowest BCUT2D eigenvalue weighted by Gasteiger charge is -2.30. The molecule has 2 aliphatic rings. The standard InChI is InChI=1S/C17H35N3/c1-15(14-20-10-6-3-7-11-20)13-19-16(2)12-17-8-4-5-9-18-17/h15-19H,3-14H2,1-2H3. The lowest BCUT2D eigenvalue weighted by atomic mass is 9.98. The molecule has 0 bridgehead atoms. The molecule has 118 valence electrons. The smallest absolute Gasteiger partial charge is 0.00817 e. The highest BCUT2D eigenvalue weighted by Gasteiger charge is 2.17. The zero-order valence-corrected chi connectivity index (χ0v) is 13.7. The lowest BCUT2D eigenvalue weighted by Crippen LogP contribution is -2.42. The predicted molar refractivity (Wildman–Crippen MR) is 87.2 cm³/mol. The molecule has 0 amide bonds. The van der Waals surface area contributed by atoms with E-state index < -0.39 is 0 Å². The van der Waals surface area contributed by atoms with Gasteiger partial charge >= 0.3 is 0 Å². The van der Waals surface area contributed by atoms with E-state index in [0.29, 0.717) is 6.04 Å². The zero-order valence-electron chi connectivity index (χ0n) is 13.7. The Morgan fingerprint density at radius 3 is 2.60 bits per heavy atom. The van der Waals surface area contributed by atoms with Gasteiger partial charge in [-0.2, -0.15) is 0 Å². The van der Waals surface area contributed by atoms with E-state index in [1.54, 1.807) is 0 Å². The van der Waals surface area contributed by atoms with Crippen LogP contribution in [0, 0.1) is 5.92 Å². The number of nitrogens with zero attached hydrogens (tertiary/aromatic N) is 1.